The molecule has 2 aliphatic heterocycles. The quantitative estimate of drug-likeness (QED) is 0.683. The third kappa shape index (κ3) is 1.51. The minimum absolute atomic E-state index is 0.122. The number of allylic oxidation sites excluding steroid dienone is 2. The number of fused-ring (bicyclic) bond motifs is 3. The summed E-state index contributed by atoms with van der Waals surface area (Å²) in [7, 11) is 0. The van der Waals surface area contributed by atoms with Crippen molar-refractivity contribution in [2.75, 3.05) is 4.90 Å². The maximum absolute atomic E-state index is 12.4. The Labute approximate surface area is 116 Å². The molecular formula is C15H14ClNO2. The minimum Gasteiger partial charge on any atom is -0.294 e. The van der Waals surface area contributed by atoms with Crippen molar-refractivity contribution in [1.29, 1.82) is 0 Å². The summed E-state index contributed by atoms with van der Waals surface area (Å²) in [5.41, 5.74) is 2.19. The van der Waals surface area contributed by atoms with Crippen molar-refractivity contribution in [2.45, 2.75) is 26.2 Å². The van der Waals surface area contributed by atoms with Gasteiger partial charge in [0.15, 0.2) is 5.78 Å². The van der Waals surface area contributed by atoms with Crippen LogP contribution < -0.4 is 4.90 Å². The maximum atomic E-state index is 12.4. The number of carbonyl (C=O) groups excluding carboxylic acids is 2. The van der Waals surface area contributed by atoms with Crippen molar-refractivity contribution in [2.24, 2.45) is 5.92 Å². The lowest BCUT2D eigenvalue weighted by atomic mass is 9.82. The Hall–Kier alpha value is -1.61. The highest BCUT2D eigenvalue weighted by Crippen LogP contribution is 2.50. The van der Waals surface area contributed by atoms with Crippen LogP contribution >= 0.6 is 11.6 Å². The first-order chi connectivity index (χ1) is 8.84. The van der Waals surface area contributed by atoms with Crippen LogP contribution in [0.3, 0.4) is 0 Å². The summed E-state index contributed by atoms with van der Waals surface area (Å²) in [4.78, 5) is 26.0. The number of halogens is 1. The molecule has 19 heavy (non-hydrogen) atoms. The standard InChI is InChI=1S/C15H14ClNO2/c1-8-12(18)7-13-15(2,3)10-6-9(16)4-5-11(10)17(13)14(8)19/h4-8H,1-3H3. The fourth-order valence-electron chi connectivity index (χ4n) is 2.81. The second kappa shape index (κ2) is 3.70. The van der Waals surface area contributed by atoms with Gasteiger partial charge in [-0.1, -0.05) is 25.4 Å². The highest BCUT2D eigenvalue weighted by atomic mass is 35.5. The lowest BCUT2D eigenvalue weighted by Crippen LogP contribution is -2.42. The molecule has 1 unspecified atom stereocenters. The summed E-state index contributed by atoms with van der Waals surface area (Å²) >= 11 is 6.05. The lowest BCUT2D eigenvalue weighted by molar-refractivity contribution is -0.129. The van der Waals surface area contributed by atoms with Crippen molar-refractivity contribution in [3.8, 4) is 0 Å². The molecule has 0 N–H and O–H groups in total. The van der Waals surface area contributed by atoms with E-state index in [1.165, 1.54) is 0 Å². The van der Waals surface area contributed by atoms with E-state index in [9.17, 15) is 9.59 Å². The van der Waals surface area contributed by atoms with Crippen LogP contribution in [0.15, 0.2) is 30.0 Å². The molecule has 0 spiro atoms. The molecule has 1 atom stereocenters. The van der Waals surface area contributed by atoms with E-state index in [1.54, 1.807) is 24.0 Å². The minimum atomic E-state index is -0.610. The van der Waals surface area contributed by atoms with Gasteiger partial charge in [0, 0.05) is 22.2 Å². The van der Waals surface area contributed by atoms with E-state index >= 15 is 0 Å². The topological polar surface area (TPSA) is 37.4 Å². The largest absolute Gasteiger partial charge is 0.294 e. The third-order valence-electron chi connectivity index (χ3n) is 4.05. The van der Waals surface area contributed by atoms with Crippen molar-refractivity contribution in [1.82, 2.24) is 0 Å². The van der Waals surface area contributed by atoms with Gasteiger partial charge in [0.05, 0.1) is 11.6 Å². The van der Waals surface area contributed by atoms with Crippen molar-refractivity contribution >= 4 is 29.0 Å². The van der Waals surface area contributed by atoms with Gasteiger partial charge in [0.25, 0.3) is 0 Å². The van der Waals surface area contributed by atoms with E-state index in [1.807, 2.05) is 26.0 Å². The van der Waals surface area contributed by atoms with Crippen LogP contribution in [0, 0.1) is 5.92 Å². The Morgan fingerprint density at radius 2 is 1.95 bits per heavy atom. The van der Waals surface area contributed by atoms with Crippen molar-refractivity contribution in [3.05, 3.63) is 40.6 Å². The van der Waals surface area contributed by atoms with Gasteiger partial charge in [-0.3, -0.25) is 14.5 Å². The molecule has 2 aliphatic rings. The number of amides is 1. The molecule has 0 radical (unpaired) electrons. The molecule has 0 aromatic heterocycles. The van der Waals surface area contributed by atoms with Crippen LogP contribution in [0.4, 0.5) is 5.69 Å². The fourth-order valence-corrected chi connectivity index (χ4v) is 2.98. The molecule has 1 aromatic rings. The molecule has 3 rings (SSSR count). The number of nitrogens with zero attached hydrogens (tertiary/aromatic N) is 1. The molecule has 0 saturated carbocycles. The highest BCUT2D eigenvalue weighted by molar-refractivity contribution is 6.31. The normalized spacial score (nSPS) is 24.1. The zero-order valence-corrected chi connectivity index (χ0v) is 11.8. The van der Waals surface area contributed by atoms with Crippen molar-refractivity contribution < 1.29 is 9.59 Å². The van der Waals surface area contributed by atoms with E-state index in [0.717, 1.165) is 16.9 Å². The number of carbonyl (C=O) groups is 2. The summed E-state index contributed by atoms with van der Waals surface area (Å²) in [6.07, 6.45) is 1.60. The lowest BCUT2D eigenvalue weighted by Gasteiger charge is -2.30. The number of benzene rings is 1. The number of hydrogen-bond donors (Lipinski definition) is 0. The second-order valence-electron chi connectivity index (χ2n) is 5.61. The Morgan fingerprint density at radius 1 is 1.26 bits per heavy atom. The predicted molar refractivity (Wildman–Crippen MR) is 74.2 cm³/mol. The Kier molecular flexibility index (Phi) is 2.42. The van der Waals surface area contributed by atoms with Crippen LogP contribution in [0.25, 0.3) is 0 Å². The highest BCUT2D eigenvalue weighted by Gasteiger charge is 2.47. The molecule has 0 bridgehead atoms. The maximum Gasteiger partial charge on any atom is 0.241 e. The number of ketones is 1. The van der Waals surface area contributed by atoms with Gasteiger partial charge in [-0.15, -0.1) is 0 Å². The zero-order valence-electron chi connectivity index (χ0n) is 11.0. The van der Waals surface area contributed by atoms with Crippen LogP contribution in [0.1, 0.15) is 26.3 Å². The van der Waals surface area contributed by atoms with Gasteiger partial charge in [0.2, 0.25) is 5.91 Å². The summed E-state index contributed by atoms with van der Waals surface area (Å²) in [6.45, 7) is 5.66. The third-order valence-corrected chi connectivity index (χ3v) is 4.29. The molecule has 0 aliphatic carbocycles. The molecule has 1 aromatic carbocycles. The van der Waals surface area contributed by atoms with Gasteiger partial charge in [-0.05, 0) is 30.7 Å². The van der Waals surface area contributed by atoms with Gasteiger partial charge in [-0.25, -0.2) is 0 Å². The number of hydrogen-bond acceptors (Lipinski definition) is 2. The van der Waals surface area contributed by atoms with Gasteiger partial charge in [-0.2, -0.15) is 0 Å². The first kappa shape index (κ1) is 12.4. The number of anilines is 1. The predicted octanol–water partition coefficient (Wildman–Crippen LogP) is 3.07. The molecule has 0 fully saturated rings. The Balaban J connectivity index is 2.30. The smallest absolute Gasteiger partial charge is 0.241 e. The van der Waals surface area contributed by atoms with E-state index in [2.05, 4.69) is 0 Å². The van der Waals surface area contributed by atoms with Gasteiger partial charge >= 0.3 is 0 Å². The van der Waals surface area contributed by atoms with Gasteiger partial charge in [0.1, 0.15) is 0 Å². The number of rotatable bonds is 0. The summed E-state index contributed by atoms with van der Waals surface area (Å²) in [6, 6.07) is 5.49. The van der Waals surface area contributed by atoms with Crippen LogP contribution in [-0.4, -0.2) is 11.7 Å². The average Bonchev–Trinajstić information content (AvgIpc) is 2.56. The van der Waals surface area contributed by atoms with Crippen molar-refractivity contribution in [3.63, 3.8) is 0 Å². The molecule has 4 heteroatoms. The van der Waals surface area contributed by atoms with Crippen LogP contribution in [-0.2, 0) is 15.0 Å². The molecule has 3 nitrogen and oxygen atoms in total. The average molecular weight is 276 g/mol. The molecule has 0 saturated heterocycles. The summed E-state index contributed by atoms with van der Waals surface area (Å²) in [5, 5.41) is 0.638. The zero-order chi connectivity index (χ0) is 13.9. The van der Waals surface area contributed by atoms with E-state index in [0.29, 0.717) is 5.02 Å². The first-order valence-corrected chi connectivity index (χ1v) is 6.62. The Bertz CT molecular complexity index is 646. The van der Waals surface area contributed by atoms with E-state index in [4.69, 9.17) is 11.6 Å². The van der Waals surface area contributed by atoms with Crippen LogP contribution in [0.5, 0.6) is 0 Å². The second-order valence-corrected chi connectivity index (χ2v) is 6.05. The monoisotopic (exact) mass is 275 g/mol. The van der Waals surface area contributed by atoms with E-state index < -0.39 is 5.92 Å². The van der Waals surface area contributed by atoms with Gasteiger partial charge < -0.3 is 0 Å². The SMILES string of the molecule is CC1C(=O)C=C2N(C1=O)c1ccc(Cl)cc1C2(C)C. The molecule has 1 amide bonds. The van der Waals surface area contributed by atoms with Crippen LogP contribution in [0.2, 0.25) is 5.02 Å². The molecular weight excluding hydrogens is 262 g/mol. The Morgan fingerprint density at radius 3 is 2.63 bits per heavy atom. The fraction of sp³-hybridized carbons (Fsp3) is 0.333. The first-order valence-electron chi connectivity index (χ1n) is 6.24. The molecule has 2 heterocycles. The summed E-state index contributed by atoms with van der Waals surface area (Å²) in [5.74, 6) is -0.888. The molecule has 98 valence electrons. The summed E-state index contributed by atoms with van der Waals surface area (Å²) < 4.78 is 0. The van der Waals surface area contributed by atoms with E-state index in [-0.39, 0.29) is 17.1 Å².